The van der Waals surface area contributed by atoms with Crippen LogP contribution in [0.2, 0.25) is 0 Å². The second-order valence-electron chi connectivity index (χ2n) is 7.50. The predicted octanol–water partition coefficient (Wildman–Crippen LogP) is 5.28. The lowest BCUT2D eigenvalue weighted by molar-refractivity contribution is -0.145. The lowest BCUT2D eigenvalue weighted by atomic mass is 9.91. The molecule has 1 fully saturated rings. The molecule has 0 saturated carbocycles. The third kappa shape index (κ3) is 3.89. The zero-order valence-electron chi connectivity index (χ0n) is 16.1. The number of carboxylic acid groups (broad SMARTS) is 1. The van der Waals surface area contributed by atoms with Crippen molar-refractivity contribution >= 4 is 16.9 Å². The van der Waals surface area contributed by atoms with Gasteiger partial charge in [0.15, 0.2) is 0 Å². The number of benzene rings is 2. The van der Waals surface area contributed by atoms with E-state index in [1.807, 2.05) is 24.3 Å². The summed E-state index contributed by atoms with van der Waals surface area (Å²) in [6.07, 6.45) is -2.71. The number of carbonyl (C=O) groups is 1. The van der Waals surface area contributed by atoms with Crippen molar-refractivity contribution in [3.8, 4) is 0 Å². The van der Waals surface area contributed by atoms with Crippen molar-refractivity contribution in [1.82, 2.24) is 9.88 Å². The number of rotatable bonds is 4. The van der Waals surface area contributed by atoms with Crippen LogP contribution in [0.15, 0.2) is 60.7 Å². The Labute approximate surface area is 172 Å². The van der Waals surface area contributed by atoms with Crippen LogP contribution in [0.5, 0.6) is 0 Å². The summed E-state index contributed by atoms with van der Waals surface area (Å²) in [5.74, 6) is -1.02. The first-order chi connectivity index (χ1) is 14.4. The highest BCUT2D eigenvalue weighted by Gasteiger charge is 2.41. The molecule has 0 radical (unpaired) electrons. The van der Waals surface area contributed by atoms with Crippen LogP contribution in [0, 0.1) is 0 Å². The number of para-hydroxylation sites is 1. The molecule has 4 nitrogen and oxygen atoms in total. The molecule has 3 aromatic rings. The number of nitrogens with zero attached hydrogens (tertiary/aromatic N) is 2. The van der Waals surface area contributed by atoms with E-state index in [2.05, 4.69) is 4.98 Å². The molecule has 1 aromatic heterocycles. The van der Waals surface area contributed by atoms with Crippen molar-refractivity contribution in [3.05, 3.63) is 77.5 Å². The molecule has 30 heavy (non-hydrogen) atoms. The number of aromatic nitrogens is 1. The second kappa shape index (κ2) is 8.07. The Hall–Kier alpha value is -2.93. The molecule has 2 atom stereocenters. The van der Waals surface area contributed by atoms with Crippen molar-refractivity contribution in [2.24, 2.45) is 0 Å². The van der Waals surface area contributed by atoms with Gasteiger partial charge >= 0.3 is 12.1 Å². The molecule has 0 amide bonds. The molecule has 0 spiro atoms. The van der Waals surface area contributed by atoms with Gasteiger partial charge in [0.1, 0.15) is 6.04 Å². The lowest BCUT2D eigenvalue weighted by Gasteiger charge is -2.39. The van der Waals surface area contributed by atoms with Crippen molar-refractivity contribution in [2.45, 2.75) is 37.5 Å². The van der Waals surface area contributed by atoms with E-state index in [4.69, 9.17) is 0 Å². The predicted molar refractivity (Wildman–Crippen MR) is 107 cm³/mol. The van der Waals surface area contributed by atoms with E-state index in [9.17, 15) is 23.1 Å². The third-order valence-electron chi connectivity index (χ3n) is 5.62. The first kappa shape index (κ1) is 20.3. The molecule has 0 bridgehead atoms. The summed E-state index contributed by atoms with van der Waals surface area (Å²) in [7, 11) is 0. The number of pyridine rings is 1. The van der Waals surface area contributed by atoms with E-state index in [0.717, 1.165) is 24.3 Å². The number of aliphatic carboxylic acids is 1. The average Bonchev–Trinajstić information content (AvgIpc) is 2.74. The van der Waals surface area contributed by atoms with Gasteiger partial charge in [-0.3, -0.25) is 14.7 Å². The molecule has 4 rings (SSSR count). The molecule has 2 aromatic carbocycles. The lowest BCUT2D eigenvalue weighted by Crippen LogP contribution is -2.47. The third-order valence-corrected chi connectivity index (χ3v) is 5.62. The van der Waals surface area contributed by atoms with Crippen LogP contribution in [0.25, 0.3) is 10.9 Å². The molecule has 2 unspecified atom stereocenters. The first-order valence-electron chi connectivity index (χ1n) is 9.86. The Bertz CT molecular complexity index is 1070. The molecular weight excluding hydrogens is 393 g/mol. The summed E-state index contributed by atoms with van der Waals surface area (Å²) in [4.78, 5) is 18.2. The summed E-state index contributed by atoms with van der Waals surface area (Å²) in [6.45, 7) is 0.391. The first-order valence-corrected chi connectivity index (χ1v) is 9.86. The quantitative estimate of drug-likeness (QED) is 0.631. The Morgan fingerprint density at radius 3 is 2.53 bits per heavy atom. The Morgan fingerprint density at radius 2 is 1.77 bits per heavy atom. The average molecular weight is 414 g/mol. The van der Waals surface area contributed by atoms with E-state index in [0.29, 0.717) is 24.2 Å². The maximum absolute atomic E-state index is 13.8. The van der Waals surface area contributed by atoms with E-state index >= 15 is 0 Å². The van der Waals surface area contributed by atoms with Gasteiger partial charge < -0.3 is 5.11 Å². The van der Waals surface area contributed by atoms with Crippen LogP contribution in [0.1, 0.15) is 42.1 Å². The summed E-state index contributed by atoms with van der Waals surface area (Å²) in [6, 6.07) is 14.5. The topological polar surface area (TPSA) is 53.4 Å². The van der Waals surface area contributed by atoms with Crippen LogP contribution in [-0.4, -0.2) is 33.5 Å². The Balaban J connectivity index is 1.92. The van der Waals surface area contributed by atoms with E-state index in [1.165, 1.54) is 12.1 Å². The summed E-state index contributed by atoms with van der Waals surface area (Å²) < 4.78 is 41.5. The number of piperidine rings is 1. The van der Waals surface area contributed by atoms with Gasteiger partial charge in [-0.15, -0.1) is 0 Å². The Kier molecular flexibility index (Phi) is 5.47. The maximum Gasteiger partial charge on any atom is 0.416 e. The smallest absolute Gasteiger partial charge is 0.416 e. The summed E-state index contributed by atoms with van der Waals surface area (Å²) in [5, 5.41) is 10.6. The van der Waals surface area contributed by atoms with Gasteiger partial charge in [-0.25, -0.2) is 0 Å². The summed E-state index contributed by atoms with van der Waals surface area (Å²) >= 11 is 0. The zero-order valence-corrected chi connectivity index (χ0v) is 16.1. The van der Waals surface area contributed by atoms with Gasteiger partial charge in [-0.1, -0.05) is 48.9 Å². The highest BCUT2D eigenvalue weighted by Crippen LogP contribution is 2.41. The minimum atomic E-state index is -4.56. The van der Waals surface area contributed by atoms with Crippen LogP contribution in [0.3, 0.4) is 0 Å². The number of alkyl halides is 3. The van der Waals surface area contributed by atoms with Crippen LogP contribution < -0.4 is 0 Å². The number of carboxylic acids is 1. The van der Waals surface area contributed by atoms with Crippen LogP contribution >= 0.6 is 0 Å². The van der Waals surface area contributed by atoms with Gasteiger partial charge in [0.2, 0.25) is 0 Å². The van der Waals surface area contributed by atoms with Crippen molar-refractivity contribution in [2.75, 3.05) is 6.54 Å². The molecule has 1 N–H and O–H groups in total. The molecule has 1 aliphatic rings. The van der Waals surface area contributed by atoms with Crippen molar-refractivity contribution < 1.29 is 23.1 Å². The van der Waals surface area contributed by atoms with Gasteiger partial charge in [-0.2, -0.15) is 13.2 Å². The highest BCUT2D eigenvalue weighted by molar-refractivity contribution is 5.78. The molecule has 1 aliphatic heterocycles. The van der Waals surface area contributed by atoms with E-state index in [-0.39, 0.29) is 5.56 Å². The van der Waals surface area contributed by atoms with Crippen molar-refractivity contribution in [1.29, 1.82) is 0 Å². The molecule has 156 valence electrons. The standard InChI is InChI=1S/C23H21F3N2O2/c24-23(25,26)17-9-3-2-8-16(17)21(28-14-6-5-11-20(28)22(29)30)19-13-12-15-7-1-4-10-18(15)27-19/h1-4,7-10,12-13,20-21H,5-6,11,14H2,(H,29,30). The van der Waals surface area contributed by atoms with Crippen LogP contribution in [-0.2, 0) is 11.0 Å². The Morgan fingerprint density at radius 1 is 1.03 bits per heavy atom. The molecule has 7 heteroatoms. The highest BCUT2D eigenvalue weighted by atomic mass is 19.4. The molecule has 0 aliphatic carbocycles. The number of fused-ring (bicyclic) bond motifs is 1. The minimum absolute atomic E-state index is 0.0286. The monoisotopic (exact) mass is 414 g/mol. The number of halogens is 3. The molecule has 1 saturated heterocycles. The molecule has 2 heterocycles. The normalized spacial score (nSPS) is 19.0. The zero-order chi connectivity index (χ0) is 21.3. The van der Waals surface area contributed by atoms with Crippen molar-refractivity contribution in [3.63, 3.8) is 0 Å². The van der Waals surface area contributed by atoms with Gasteiger partial charge in [0.05, 0.1) is 22.8 Å². The van der Waals surface area contributed by atoms with Gasteiger partial charge in [0.25, 0.3) is 0 Å². The fourth-order valence-corrected chi connectivity index (χ4v) is 4.26. The van der Waals surface area contributed by atoms with Gasteiger partial charge in [0, 0.05) is 5.39 Å². The molecular formula is C23H21F3N2O2. The summed E-state index contributed by atoms with van der Waals surface area (Å²) in [5.41, 5.74) is 0.340. The fraction of sp³-hybridized carbons (Fsp3) is 0.304. The maximum atomic E-state index is 13.8. The number of hydrogen-bond donors (Lipinski definition) is 1. The van der Waals surface area contributed by atoms with Gasteiger partial charge in [-0.05, 0) is 43.1 Å². The number of hydrogen-bond acceptors (Lipinski definition) is 3. The SMILES string of the molecule is O=C(O)C1CCCCN1C(c1ccc2ccccc2n1)c1ccccc1C(F)(F)F. The van der Waals surface area contributed by atoms with E-state index in [1.54, 1.807) is 23.1 Å². The minimum Gasteiger partial charge on any atom is -0.480 e. The fourth-order valence-electron chi connectivity index (χ4n) is 4.26. The van der Waals surface area contributed by atoms with E-state index < -0.39 is 29.8 Å². The number of likely N-dealkylation sites (tertiary alicyclic amines) is 1. The van der Waals surface area contributed by atoms with Crippen LogP contribution in [0.4, 0.5) is 13.2 Å². The second-order valence-corrected chi connectivity index (χ2v) is 7.50. The largest absolute Gasteiger partial charge is 0.480 e.